The fourth-order valence-corrected chi connectivity index (χ4v) is 4.77. The molecule has 2 aliphatic rings. The molecule has 0 spiro atoms. The van der Waals surface area contributed by atoms with Gasteiger partial charge < -0.3 is 52.1 Å². The van der Waals surface area contributed by atoms with Crippen molar-refractivity contribution in [1.29, 1.82) is 0 Å². The molecule has 2 heterocycles. The van der Waals surface area contributed by atoms with Crippen LogP contribution in [0.3, 0.4) is 0 Å². The van der Waals surface area contributed by atoms with Crippen molar-refractivity contribution in [2.24, 2.45) is 0 Å². The molecule has 47 heavy (non-hydrogen) atoms. The number of rotatable bonds is 14. The van der Waals surface area contributed by atoms with Crippen molar-refractivity contribution in [1.82, 2.24) is 0 Å². The van der Waals surface area contributed by atoms with Crippen LogP contribution in [0.25, 0.3) is 0 Å². The molecule has 18 nitrogen and oxygen atoms in total. The second-order valence-corrected chi connectivity index (χ2v) is 10.3. The number of carbonyl (C=O) groups is 7. The van der Waals surface area contributed by atoms with Crippen molar-refractivity contribution in [2.75, 3.05) is 19.8 Å². The summed E-state index contributed by atoms with van der Waals surface area (Å²) in [7, 11) is 0. The summed E-state index contributed by atoms with van der Waals surface area (Å²) < 4.78 is 61.3. The van der Waals surface area contributed by atoms with Gasteiger partial charge in [0.15, 0.2) is 43.1 Å². The Balaban J connectivity index is 2.72. The van der Waals surface area contributed by atoms with Crippen LogP contribution in [-0.4, -0.2) is 123 Å². The smallest absolute Gasteiger partial charge is 0.303 e. The van der Waals surface area contributed by atoms with Crippen molar-refractivity contribution in [3.05, 3.63) is 12.7 Å². The summed E-state index contributed by atoms with van der Waals surface area (Å²) in [5.74, 6) is -5.81. The van der Waals surface area contributed by atoms with E-state index in [9.17, 15) is 33.6 Å². The maximum absolute atomic E-state index is 12.3. The molecule has 18 heteroatoms. The van der Waals surface area contributed by atoms with Gasteiger partial charge in [-0.15, -0.1) is 6.58 Å². The van der Waals surface area contributed by atoms with Crippen LogP contribution in [0, 0.1) is 0 Å². The topological polar surface area (TPSA) is 221 Å². The van der Waals surface area contributed by atoms with E-state index in [4.69, 9.17) is 52.1 Å². The SMILES string of the molecule is C=CCO[C@@H]1OC(COC(C)=O)[C@H](O[C@@H]2OC(COC(C)=O)[C@H](OC(C)=O)[C@H](OC(C)=O)C2OC(C)=O)[C@H](OC(C)=O)C1OC(C)=O. The predicted octanol–water partition coefficient (Wildman–Crippen LogP) is -0.191. The number of esters is 7. The Bertz CT molecular complexity index is 1170. The molecule has 0 N–H and O–H groups in total. The van der Waals surface area contributed by atoms with E-state index in [1.165, 1.54) is 6.08 Å². The van der Waals surface area contributed by atoms with E-state index in [0.717, 1.165) is 48.5 Å². The molecule has 2 fully saturated rings. The zero-order valence-electron chi connectivity index (χ0n) is 27.0. The van der Waals surface area contributed by atoms with Gasteiger partial charge >= 0.3 is 41.8 Å². The molecule has 0 bridgehead atoms. The molecule has 0 radical (unpaired) electrons. The predicted molar refractivity (Wildman–Crippen MR) is 149 cm³/mol. The Kier molecular flexibility index (Phi) is 15.2. The van der Waals surface area contributed by atoms with Crippen LogP contribution in [-0.2, 0) is 85.7 Å². The van der Waals surface area contributed by atoms with Gasteiger partial charge in [-0.05, 0) is 0 Å². The Morgan fingerprint density at radius 2 is 0.872 bits per heavy atom. The molecule has 2 saturated heterocycles. The number of hydrogen-bond acceptors (Lipinski definition) is 18. The molecule has 0 aromatic heterocycles. The minimum atomic E-state index is -1.77. The Morgan fingerprint density at radius 3 is 1.30 bits per heavy atom. The normalized spacial score (nSPS) is 30.1. The first-order valence-corrected chi connectivity index (χ1v) is 14.4. The van der Waals surface area contributed by atoms with E-state index in [2.05, 4.69) is 6.58 Å². The van der Waals surface area contributed by atoms with Gasteiger partial charge in [0.25, 0.3) is 0 Å². The van der Waals surface area contributed by atoms with E-state index < -0.39 is 116 Å². The summed E-state index contributed by atoms with van der Waals surface area (Å²) in [6, 6.07) is 0. The van der Waals surface area contributed by atoms with Gasteiger partial charge in [0.1, 0.15) is 31.5 Å². The quantitative estimate of drug-likeness (QED) is 0.132. The summed E-state index contributed by atoms with van der Waals surface area (Å²) in [5.41, 5.74) is 0. The van der Waals surface area contributed by atoms with Crippen molar-refractivity contribution in [3.63, 3.8) is 0 Å². The molecule has 0 aliphatic carbocycles. The number of carbonyl (C=O) groups excluding carboxylic acids is 7. The first kappa shape index (κ1) is 39.1. The summed E-state index contributed by atoms with van der Waals surface area (Å²) in [6.45, 7) is 9.85. The molecule has 0 aromatic rings. The molecular formula is C29H40O18. The van der Waals surface area contributed by atoms with Gasteiger partial charge in [-0.1, -0.05) is 6.08 Å². The lowest BCUT2D eigenvalue weighted by atomic mass is 9.96. The summed E-state index contributed by atoms with van der Waals surface area (Å²) in [4.78, 5) is 84.6. The molecule has 10 atom stereocenters. The van der Waals surface area contributed by atoms with Crippen LogP contribution in [0.2, 0.25) is 0 Å². The van der Waals surface area contributed by atoms with Crippen LogP contribution in [0.4, 0.5) is 0 Å². The lowest BCUT2D eigenvalue weighted by Crippen LogP contribution is -2.67. The molecule has 2 aliphatic heterocycles. The third-order valence-electron chi connectivity index (χ3n) is 6.26. The van der Waals surface area contributed by atoms with Gasteiger partial charge in [-0.25, -0.2) is 0 Å². The molecule has 0 amide bonds. The number of ether oxygens (including phenoxy) is 11. The van der Waals surface area contributed by atoms with Crippen LogP contribution < -0.4 is 0 Å². The Labute approximate surface area is 270 Å². The highest BCUT2D eigenvalue weighted by Crippen LogP contribution is 2.35. The summed E-state index contributed by atoms with van der Waals surface area (Å²) in [6.07, 6.45) is -13.9. The van der Waals surface area contributed by atoms with Gasteiger partial charge in [-0.2, -0.15) is 0 Å². The molecule has 4 unspecified atom stereocenters. The maximum Gasteiger partial charge on any atom is 0.303 e. The largest absolute Gasteiger partial charge is 0.463 e. The molecular weight excluding hydrogens is 636 g/mol. The van der Waals surface area contributed by atoms with E-state index in [-0.39, 0.29) is 6.61 Å². The Morgan fingerprint density at radius 1 is 0.511 bits per heavy atom. The maximum atomic E-state index is 12.3. The van der Waals surface area contributed by atoms with Crippen LogP contribution in [0.15, 0.2) is 12.7 Å². The third-order valence-corrected chi connectivity index (χ3v) is 6.26. The van der Waals surface area contributed by atoms with Crippen LogP contribution in [0.1, 0.15) is 48.5 Å². The van der Waals surface area contributed by atoms with Gasteiger partial charge in [-0.3, -0.25) is 33.6 Å². The first-order valence-electron chi connectivity index (χ1n) is 14.4. The zero-order valence-corrected chi connectivity index (χ0v) is 27.0. The van der Waals surface area contributed by atoms with Crippen molar-refractivity contribution in [2.45, 2.75) is 110 Å². The van der Waals surface area contributed by atoms with E-state index >= 15 is 0 Å². The van der Waals surface area contributed by atoms with Crippen LogP contribution >= 0.6 is 0 Å². The molecule has 0 aromatic carbocycles. The van der Waals surface area contributed by atoms with Gasteiger partial charge in [0, 0.05) is 48.5 Å². The summed E-state index contributed by atoms with van der Waals surface area (Å²) in [5, 5.41) is 0. The lowest BCUT2D eigenvalue weighted by molar-refractivity contribution is -0.360. The minimum Gasteiger partial charge on any atom is -0.463 e. The van der Waals surface area contributed by atoms with Gasteiger partial charge in [0.05, 0.1) is 6.61 Å². The monoisotopic (exact) mass is 676 g/mol. The summed E-state index contributed by atoms with van der Waals surface area (Å²) >= 11 is 0. The van der Waals surface area contributed by atoms with Crippen LogP contribution in [0.5, 0.6) is 0 Å². The van der Waals surface area contributed by atoms with Crippen molar-refractivity contribution < 1.29 is 85.7 Å². The third kappa shape index (κ3) is 12.2. The average molecular weight is 677 g/mol. The fourth-order valence-electron chi connectivity index (χ4n) is 4.77. The highest BCUT2D eigenvalue weighted by Gasteiger charge is 2.57. The second-order valence-electron chi connectivity index (χ2n) is 10.3. The zero-order chi connectivity index (χ0) is 35.4. The molecule has 2 rings (SSSR count). The van der Waals surface area contributed by atoms with Crippen molar-refractivity contribution >= 4 is 41.8 Å². The average Bonchev–Trinajstić information content (AvgIpc) is 2.94. The highest BCUT2D eigenvalue weighted by atomic mass is 16.8. The number of hydrogen-bond donors (Lipinski definition) is 0. The van der Waals surface area contributed by atoms with E-state index in [0.29, 0.717) is 0 Å². The highest BCUT2D eigenvalue weighted by molar-refractivity contribution is 5.69. The molecule has 264 valence electrons. The molecule has 0 saturated carbocycles. The Hall–Kier alpha value is -4.13. The van der Waals surface area contributed by atoms with E-state index in [1.807, 2.05) is 0 Å². The first-order chi connectivity index (χ1) is 22.0. The second kappa shape index (κ2) is 18.3. The van der Waals surface area contributed by atoms with Crippen molar-refractivity contribution in [3.8, 4) is 0 Å². The van der Waals surface area contributed by atoms with Gasteiger partial charge in [0.2, 0.25) is 0 Å². The fraction of sp³-hybridized carbons (Fsp3) is 0.690. The van der Waals surface area contributed by atoms with E-state index in [1.54, 1.807) is 0 Å². The standard InChI is InChI=1S/C29H40O18/c1-9-10-37-28-26(43-18(7)35)25(42-17(6)34)23(21(45-28)12-39-14(3)31)47-29-27(44-19(8)36)24(41-16(5)33)22(40-15(4)32)20(46-29)11-38-13(2)30/h9,20-29H,1,10-12H2,2-8H3/t20?,21?,22-,23-,24-,25-,26?,27?,28+,29-/m0/s1. The lowest BCUT2D eigenvalue weighted by Gasteiger charge is -2.48. The minimum absolute atomic E-state index is 0.110.